The summed E-state index contributed by atoms with van der Waals surface area (Å²) in [6.07, 6.45) is 0. The lowest BCUT2D eigenvalue weighted by Crippen LogP contribution is -2.30. The van der Waals surface area contributed by atoms with Crippen molar-refractivity contribution in [3.63, 3.8) is 0 Å². The Kier molecular flexibility index (Phi) is 4.33. The second kappa shape index (κ2) is 5.13. The zero-order valence-corrected chi connectivity index (χ0v) is 14.2. The van der Waals surface area contributed by atoms with Crippen molar-refractivity contribution in [2.45, 2.75) is 27.7 Å². The molecule has 2 aliphatic heterocycles. The second-order valence-corrected chi connectivity index (χ2v) is 14.0. The largest absolute Gasteiger partial charge is 0.400 e. The van der Waals surface area contributed by atoms with E-state index in [0.717, 1.165) is 0 Å². The molecule has 2 saturated heterocycles. The van der Waals surface area contributed by atoms with Crippen LogP contribution in [0.2, 0.25) is 0 Å². The smallest absolute Gasteiger partial charge is 0.300 e. The molecule has 0 spiro atoms. The van der Waals surface area contributed by atoms with Crippen LogP contribution < -0.4 is 0 Å². The van der Waals surface area contributed by atoms with E-state index >= 15 is 0 Å². The Labute approximate surface area is 117 Å². The van der Waals surface area contributed by atoms with Gasteiger partial charge >= 0.3 is 13.6 Å². The van der Waals surface area contributed by atoms with Gasteiger partial charge in [0.15, 0.2) is 0 Å². The van der Waals surface area contributed by atoms with E-state index in [1.807, 2.05) is 27.7 Å². The molecule has 0 aliphatic carbocycles. The molecule has 9 heteroatoms. The van der Waals surface area contributed by atoms with Gasteiger partial charge < -0.3 is 0 Å². The first-order valence-electron chi connectivity index (χ1n) is 6.03. The highest BCUT2D eigenvalue weighted by Gasteiger charge is 2.48. The molecule has 0 unspecified atom stereocenters. The van der Waals surface area contributed by atoms with Crippen molar-refractivity contribution in [1.29, 1.82) is 0 Å². The van der Waals surface area contributed by atoms with Gasteiger partial charge in [0.2, 0.25) is 0 Å². The Morgan fingerprint density at radius 1 is 0.737 bits per heavy atom. The lowest BCUT2D eigenvalue weighted by atomic mass is 9.97. The highest BCUT2D eigenvalue weighted by Crippen LogP contribution is 2.81. The Hall–Kier alpha value is 0.650. The quantitative estimate of drug-likeness (QED) is 0.706. The summed E-state index contributed by atoms with van der Waals surface area (Å²) in [5.41, 5.74) is -0.390. The summed E-state index contributed by atoms with van der Waals surface area (Å²) < 4.78 is 45.7. The molecule has 0 radical (unpaired) electrons. The lowest BCUT2D eigenvalue weighted by molar-refractivity contribution is 0.0469. The monoisotopic (exact) mass is 330 g/mol. The van der Waals surface area contributed by atoms with Gasteiger partial charge in [0, 0.05) is 10.8 Å². The molecule has 0 amide bonds. The van der Waals surface area contributed by atoms with Crippen LogP contribution >= 0.6 is 24.6 Å². The van der Waals surface area contributed by atoms with Crippen LogP contribution in [0.25, 0.3) is 0 Å². The van der Waals surface area contributed by atoms with Crippen molar-refractivity contribution in [2.24, 2.45) is 10.8 Å². The summed E-state index contributed by atoms with van der Waals surface area (Å²) >= 11 is 0.570. The van der Waals surface area contributed by atoms with Gasteiger partial charge in [-0.25, -0.2) is 9.13 Å². The zero-order chi connectivity index (χ0) is 14.4. The summed E-state index contributed by atoms with van der Waals surface area (Å²) in [6, 6.07) is 0. The molecule has 112 valence electrons. The summed E-state index contributed by atoms with van der Waals surface area (Å²) in [5, 5.41) is 0. The summed E-state index contributed by atoms with van der Waals surface area (Å²) in [4.78, 5) is 0. The number of hydrogen-bond donors (Lipinski definition) is 0. The van der Waals surface area contributed by atoms with Gasteiger partial charge in [-0.3, -0.25) is 18.1 Å². The fourth-order valence-corrected chi connectivity index (χ4v) is 9.84. The summed E-state index contributed by atoms with van der Waals surface area (Å²) in [5.74, 6) is 0. The van der Waals surface area contributed by atoms with Gasteiger partial charge in [-0.15, -0.1) is 0 Å². The molecule has 6 nitrogen and oxygen atoms in total. The van der Waals surface area contributed by atoms with E-state index in [1.54, 1.807) is 0 Å². The Morgan fingerprint density at radius 3 is 1.26 bits per heavy atom. The normalized spacial score (nSPS) is 31.8. The van der Waals surface area contributed by atoms with Crippen LogP contribution in [-0.4, -0.2) is 26.4 Å². The molecule has 0 aromatic carbocycles. The molecule has 0 aromatic heterocycles. The molecular formula is C10H20O6P2S. The van der Waals surface area contributed by atoms with Crippen LogP contribution in [0.1, 0.15) is 27.7 Å². The topological polar surface area (TPSA) is 71.1 Å². The molecular weight excluding hydrogens is 310 g/mol. The van der Waals surface area contributed by atoms with E-state index in [-0.39, 0.29) is 10.8 Å². The molecule has 19 heavy (non-hydrogen) atoms. The third kappa shape index (κ3) is 4.31. The molecule has 0 bridgehead atoms. The molecule has 0 atom stereocenters. The lowest BCUT2D eigenvalue weighted by Gasteiger charge is -2.37. The first kappa shape index (κ1) is 16.0. The average Bonchev–Trinajstić information content (AvgIpc) is 2.29. The Morgan fingerprint density at radius 2 is 1.00 bits per heavy atom. The van der Waals surface area contributed by atoms with Gasteiger partial charge in [-0.2, -0.15) is 0 Å². The average molecular weight is 330 g/mol. The Bertz CT molecular complexity index is 381. The van der Waals surface area contributed by atoms with Crippen molar-refractivity contribution >= 4 is 24.6 Å². The van der Waals surface area contributed by atoms with Gasteiger partial charge in [-0.1, -0.05) is 27.7 Å². The standard InChI is InChI=1S/C10H20O6P2S/c1-9(2)5-13-17(11,14-6-9)19-18(12)15-7-10(3,4)8-16-18/h5-8H2,1-4H3. The molecule has 0 saturated carbocycles. The van der Waals surface area contributed by atoms with Crippen molar-refractivity contribution in [2.75, 3.05) is 26.4 Å². The fourth-order valence-electron chi connectivity index (χ4n) is 1.39. The van der Waals surface area contributed by atoms with Gasteiger partial charge in [-0.05, 0) is 0 Å². The third-order valence-electron chi connectivity index (χ3n) is 2.65. The minimum absolute atomic E-state index is 0.195. The first-order valence-corrected chi connectivity index (χ1v) is 11.1. The third-order valence-corrected chi connectivity index (χ3v) is 10.9. The van der Waals surface area contributed by atoms with Crippen molar-refractivity contribution in [3.05, 3.63) is 0 Å². The van der Waals surface area contributed by atoms with Crippen LogP contribution in [0.3, 0.4) is 0 Å². The maximum absolute atomic E-state index is 12.3. The van der Waals surface area contributed by atoms with E-state index < -0.39 is 13.6 Å². The maximum atomic E-state index is 12.3. The van der Waals surface area contributed by atoms with Gasteiger partial charge in [0.25, 0.3) is 0 Å². The predicted octanol–water partition coefficient (Wildman–Crippen LogP) is 4.08. The van der Waals surface area contributed by atoms with E-state index in [0.29, 0.717) is 37.4 Å². The van der Waals surface area contributed by atoms with Crippen LogP contribution in [0.15, 0.2) is 0 Å². The first-order chi connectivity index (χ1) is 8.54. The maximum Gasteiger partial charge on any atom is 0.400 e. The van der Waals surface area contributed by atoms with Crippen LogP contribution in [0.4, 0.5) is 0 Å². The molecule has 2 rings (SSSR count). The fraction of sp³-hybridized carbons (Fsp3) is 1.00. The van der Waals surface area contributed by atoms with E-state index in [4.69, 9.17) is 18.1 Å². The number of rotatable bonds is 2. The molecule has 2 heterocycles. The van der Waals surface area contributed by atoms with Crippen molar-refractivity contribution < 1.29 is 27.2 Å². The second-order valence-electron chi connectivity index (χ2n) is 6.40. The summed E-state index contributed by atoms with van der Waals surface area (Å²) in [7, 11) is 0. The van der Waals surface area contributed by atoms with Crippen molar-refractivity contribution in [1.82, 2.24) is 0 Å². The van der Waals surface area contributed by atoms with E-state index in [9.17, 15) is 9.13 Å². The highest BCUT2D eigenvalue weighted by atomic mass is 33.1. The summed E-state index contributed by atoms with van der Waals surface area (Å²) in [6.45, 7) is 2.02. The predicted molar refractivity (Wildman–Crippen MR) is 74.2 cm³/mol. The minimum Gasteiger partial charge on any atom is -0.300 e. The zero-order valence-electron chi connectivity index (χ0n) is 11.6. The minimum atomic E-state index is -3.47. The molecule has 0 N–H and O–H groups in total. The van der Waals surface area contributed by atoms with Gasteiger partial charge in [0.1, 0.15) is 0 Å². The van der Waals surface area contributed by atoms with Crippen molar-refractivity contribution in [3.8, 4) is 0 Å². The number of hydrogen-bond acceptors (Lipinski definition) is 7. The SMILES string of the molecule is CC1(C)COP(=O)(SP2(=O)OCC(C)(C)CO2)OC1. The van der Waals surface area contributed by atoms with E-state index in [1.165, 1.54) is 0 Å². The molecule has 0 aromatic rings. The Balaban J connectivity index is 1.98. The van der Waals surface area contributed by atoms with Crippen LogP contribution in [-0.2, 0) is 27.2 Å². The van der Waals surface area contributed by atoms with E-state index in [2.05, 4.69) is 0 Å². The molecule has 2 fully saturated rings. The van der Waals surface area contributed by atoms with Crippen LogP contribution in [0.5, 0.6) is 0 Å². The highest BCUT2D eigenvalue weighted by molar-refractivity contribution is 8.84. The molecule has 2 aliphatic rings. The van der Waals surface area contributed by atoms with Crippen LogP contribution in [0, 0.1) is 10.8 Å². The van der Waals surface area contributed by atoms with Gasteiger partial charge in [0.05, 0.1) is 37.4 Å².